The molecule has 0 atom stereocenters. The van der Waals surface area contributed by atoms with Crippen LogP contribution >= 0.6 is 0 Å². The van der Waals surface area contributed by atoms with Crippen molar-refractivity contribution in [2.45, 2.75) is 26.3 Å². The summed E-state index contributed by atoms with van der Waals surface area (Å²) in [7, 11) is 0. The van der Waals surface area contributed by atoms with Crippen molar-refractivity contribution in [3.8, 4) is 11.5 Å². The van der Waals surface area contributed by atoms with Gasteiger partial charge >= 0.3 is 6.03 Å². The fourth-order valence-electron chi connectivity index (χ4n) is 4.72. The van der Waals surface area contributed by atoms with Gasteiger partial charge in [-0.05, 0) is 41.3 Å². The first kappa shape index (κ1) is 22.5. The number of ether oxygens (including phenoxy) is 2. The number of benzene rings is 2. The monoisotopic (exact) mass is 464 g/mol. The zero-order valence-corrected chi connectivity index (χ0v) is 19.9. The smallest absolute Gasteiger partial charge is 0.325 e. The van der Waals surface area contributed by atoms with E-state index in [9.17, 15) is 9.59 Å². The van der Waals surface area contributed by atoms with Crippen LogP contribution in [0.25, 0.3) is 0 Å². The Kier molecular flexibility index (Phi) is 6.32. The van der Waals surface area contributed by atoms with Gasteiger partial charge in [0.05, 0.1) is 0 Å². The van der Waals surface area contributed by atoms with Crippen molar-refractivity contribution in [3.63, 3.8) is 0 Å². The lowest BCUT2D eigenvalue weighted by molar-refractivity contribution is -0.133. The van der Waals surface area contributed by atoms with Gasteiger partial charge in [0.15, 0.2) is 11.5 Å². The standard InChI is InChI=1S/C26H32N4O4/c1-19(2)21-4-6-22(7-5-21)30-14-13-29(26(30)32)17-25(31)28-11-9-27(10-12-28)16-20-3-8-23-24(15-20)34-18-33-23/h3-8,15,19H,9-14,16-18H2,1-2H3. The summed E-state index contributed by atoms with van der Waals surface area (Å²) in [6.07, 6.45) is 0. The third kappa shape index (κ3) is 4.68. The summed E-state index contributed by atoms with van der Waals surface area (Å²) in [6, 6.07) is 14.1. The van der Waals surface area contributed by atoms with Crippen LogP contribution in [0.5, 0.6) is 11.5 Å². The van der Waals surface area contributed by atoms with E-state index in [1.165, 1.54) is 11.1 Å². The van der Waals surface area contributed by atoms with E-state index in [4.69, 9.17) is 9.47 Å². The van der Waals surface area contributed by atoms with Crippen molar-refractivity contribution < 1.29 is 19.1 Å². The van der Waals surface area contributed by atoms with Gasteiger partial charge in [-0.2, -0.15) is 0 Å². The lowest BCUT2D eigenvalue weighted by Crippen LogP contribution is -2.51. The van der Waals surface area contributed by atoms with Crippen molar-refractivity contribution in [1.82, 2.24) is 14.7 Å². The van der Waals surface area contributed by atoms with Gasteiger partial charge in [0, 0.05) is 51.5 Å². The quantitative estimate of drug-likeness (QED) is 0.657. The second-order valence-corrected chi connectivity index (χ2v) is 9.45. The molecule has 0 spiro atoms. The fraction of sp³-hybridized carbons (Fsp3) is 0.462. The average Bonchev–Trinajstić information content (AvgIpc) is 3.46. The minimum Gasteiger partial charge on any atom is -0.454 e. The molecule has 180 valence electrons. The van der Waals surface area contributed by atoms with Crippen LogP contribution in [0.3, 0.4) is 0 Å². The summed E-state index contributed by atoms with van der Waals surface area (Å²) in [5.74, 6) is 2.07. The summed E-state index contributed by atoms with van der Waals surface area (Å²) in [5.41, 5.74) is 3.31. The van der Waals surface area contributed by atoms with Crippen LogP contribution in [-0.2, 0) is 11.3 Å². The molecule has 2 fully saturated rings. The highest BCUT2D eigenvalue weighted by Gasteiger charge is 2.32. The van der Waals surface area contributed by atoms with E-state index in [-0.39, 0.29) is 25.3 Å². The normalized spacial score (nSPS) is 18.3. The van der Waals surface area contributed by atoms with Crippen molar-refractivity contribution in [3.05, 3.63) is 53.6 Å². The molecule has 2 aromatic carbocycles. The molecule has 3 aliphatic rings. The Bertz CT molecular complexity index is 1050. The van der Waals surface area contributed by atoms with Gasteiger partial charge in [0.2, 0.25) is 12.7 Å². The predicted molar refractivity (Wildman–Crippen MR) is 129 cm³/mol. The molecule has 5 rings (SSSR count). The van der Waals surface area contributed by atoms with Gasteiger partial charge in [0.25, 0.3) is 0 Å². The van der Waals surface area contributed by atoms with Crippen LogP contribution in [0.1, 0.15) is 30.9 Å². The highest BCUT2D eigenvalue weighted by molar-refractivity contribution is 5.96. The maximum atomic E-state index is 12.9. The van der Waals surface area contributed by atoms with E-state index in [2.05, 4.69) is 36.9 Å². The summed E-state index contributed by atoms with van der Waals surface area (Å²) in [6.45, 7) is 9.68. The average molecular weight is 465 g/mol. The molecule has 0 unspecified atom stereocenters. The Labute approximate surface area is 200 Å². The molecule has 2 saturated heterocycles. The van der Waals surface area contributed by atoms with Gasteiger partial charge in [-0.3, -0.25) is 14.6 Å². The zero-order chi connectivity index (χ0) is 23.7. The van der Waals surface area contributed by atoms with Gasteiger partial charge in [0.1, 0.15) is 6.54 Å². The molecule has 2 aromatic rings. The minimum atomic E-state index is -0.0907. The SMILES string of the molecule is CC(C)c1ccc(N2CCN(CC(=O)N3CCN(Cc4ccc5c(c4)OCO5)CC3)C2=O)cc1. The first-order valence-electron chi connectivity index (χ1n) is 12.0. The Balaban J connectivity index is 1.10. The number of rotatable bonds is 6. The van der Waals surface area contributed by atoms with E-state index in [1.54, 1.807) is 9.80 Å². The second-order valence-electron chi connectivity index (χ2n) is 9.45. The molecule has 0 bridgehead atoms. The van der Waals surface area contributed by atoms with Crippen LogP contribution in [0, 0.1) is 0 Å². The van der Waals surface area contributed by atoms with Crippen LogP contribution in [0.15, 0.2) is 42.5 Å². The summed E-state index contributed by atoms with van der Waals surface area (Å²) in [5, 5.41) is 0. The number of carbonyl (C=O) groups excluding carboxylic acids is 2. The molecule has 3 heterocycles. The maximum absolute atomic E-state index is 12.9. The summed E-state index contributed by atoms with van der Waals surface area (Å²) in [4.78, 5) is 33.5. The van der Waals surface area contributed by atoms with Crippen LogP contribution in [0.4, 0.5) is 10.5 Å². The van der Waals surface area contributed by atoms with Crippen LogP contribution in [0.2, 0.25) is 0 Å². The molecule has 34 heavy (non-hydrogen) atoms. The minimum absolute atomic E-state index is 0.0214. The largest absolute Gasteiger partial charge is 0.454 e. The molecular formula is C26H32N4O4. The van der Waals surface area contributed by atoms with Crippen molar-refractivity contribution in [2.24, 2.45) is 0 Å². The number of amides is 3. The molecule has 0 aliphatic carbocycles. The molecule has 8 heteroatoms. The molecule has 0 radical (unpaired) electrons. The first-order chi connectivity index (χ1) is 16.5. The topological polar surface area (TPSA) is 65.6 Å². The molecule has 3 aliphatic heterocycles. The van der Waals surface area contributed by atoms with E-state index in [0.29, 0.717) is 32.1 Å². The fourth-order valence-corrected chi connectivity index (χ4v) is 4.72. The number of anilines is 1. The molecule has 0 aromatic heterocycles. The lowest BCUT2D eigenvalue weighted by atomic mass is 10.0. The number of carbonyl (C=O) groups is 2. The number of urea groups is 1. The molecule has 8 nitrogen and oxygen atoms in total. The predicted octanol–water partition coefficient (Wildman–Crippen LogP) is 3.13. The highest BCUT2D eigenvalue weighted by atomic mass is 16.7. The van der Waals surface area contributed by atoms with Gasteiger partial charge in [-0.1, -0.05) is 32.0 Å². The Morgan fingerprint density at radius 1 is 0.912 bits per heavy atom. The van der Waals surface area contributed by atoms with E-state index in [0.717, 1.165) is 36.8 Å². The number of hydrogen-bond donors (Lipinski definition) is 0. The van der Waals surface area contributed by atoms with Crippen molar-refractivity contribution in [1.29, 1.82) is 0 Å². The third-order valence-electron chi connectivity index (χ3n) is 6.86. The maximum Gasteiger partial charge on any atom is 0.325 e. The summed E-state index contributed by atoms with van der Waals surface area (Å²) >= 11 is 0. The molecular weight excluding hydrogens is 432 g/mol. The highest BCUT2D eigenvalue weighted by Crippen LogP contribution is 2.33. The van der Waals surface area contributed by atoms with E-state index < -0.39 is 0 Å². The first-order valence-corrected chi connectivity index (χ1v) is 12.0. The van der Waals surface area contributed by atoms with Gasteiger partial charge in [-0.25, -0.2) is 4.79 Å². The Morgan fingerprint density at radius 2 is 1.65 bits per heavy atom. The molecule has 0 N–H and O–H groups in total. The Hall–Kier alpha value is -3.26. The zero-order valence-electron chi connectivity index (χ0n) is 19.9. The lowest BCUT2D eigenvalue weighted by Gasteiger charge is -2.35. The van der Waals surface area contributed by atoms with E-state index in [1.807, 2.05) is 29.2 Å². The Morgan fingerprint density at radius 3 is 2.38 bits per heavy atom. The van der Waals surface area contributed by atoms with Gasteiger partial charge < -0.3 is 19.3 Å². The number of nitrogens with zero attached hydrogens (tertiary/aromatic N) is 4. The van der Waals surface area contributed by atoms with Crippen LogP contribution in [-0.4, -0.2) is 79.2 Å². The summed E-state index contributed by atoms with van der Waals surface area (Å²) < 4.78 is 10.8. The third-order valence-corrected chi connectivity index (χ3v) is 6.86. The molecule has 3 amide bonds. The van der Waals surface area contributed by atoms with Crippen molar-refractivity contribution in [2.75, 3.05) is 57.5 Å². The van der Waals surface area contributed by atoms with Crippen molar-refractivity contribution >= 4 is 17.6 Å². The number of fused-ring (bicyclic) bond motifs is 1. The van der Waals surface area contributed by atoms with E-state index >= 15 is 0 Å². The number of hydrogen-bond acceptors (Lipinski definition) is 5. The van der Waals surface area contributed by atoms with Gasteiger partial charge in [-0.15, -0.1) is 0 Å². The van der Waals surface area contributed by atoms with Crippen LogP contribution < -0.4 is 14.4 Å². The number of piperazine rings is 1. The second kappa shape index (κ2) is 9.54. The molecule has 0 saturated carbocycles.